The largest absolute Gasteiger partial charge is 0.179 e. The summed E-state index contributed by atoms with van der Waals surface area (Å²) in [5.41, 5.74) is 0. The zero-order valence-electron chi connectivity index (χ0n) is 8.48. The molecule has 0 aliphatic heterocycles. The molecule has 0 nitrogen and oxygen atoms in total. The molecule has 0 fully saturated rings. The lowest BCUT2D eigenvalue weighted by Crippen LogP contribution is -1.92. The van der Waals surface area contributed by atoms with Crippen molar-refractivity contribution >= 4 is 60.5 Å². The summed E-state index contributed by atoms with van der Waals surface area (Å²) in [4.78, 5) is 0. The summed E-state index contributed by atoms with van der Waals surface area (Å²) >= 11 is 14.5. The lowest BCUT2D eigenvalue weighted by molar-refractivity contribution is 1.13. The van der Waals surface area contributed by atoms with Gasteiger partial charge in [-0.25, -0.2) is 0 Å². The van der Waals surface area contributed by atoms with E-state index < -0.39 is 0 Å². The summed E-state index contributed by atoms with van der Waals surface area (Å²) in [6.07, 6.45) is 1.25. The quantitative estimate of drug-likeness (QED) is 0.442. The number of hydrogen-bond acceptors (Lipinski definition) is 5. The summed E-state index contributed by atoms with van der Waals surface area (Å²) in [5.74, 6) is 9.70. The average molecular weight is 289 g/mol. The first-order chi connectivity index (χ1) is 6.91. The molecule has 0 atom stereocenters. The number of thiol groups is 2. The first-order valence-corrected chi connectivity index (χ1v) is 9.59. The molecule has 0 bridgehead atoms. The van der Waals surface area contributed by atoms with Gasteiger partial charge in [0.2, 0.25) is 0 Å². The minimum Gasteiger partial charge on any atom is -0.179 e. The lowest BCUT2D eigenvalue weighted by Gasteiger charge is -2.01. The van der Waals surface area contributed by atoms with Crippen LogP contribution in [0.5, 0.6) is 0 Å². The van der Waals surface area contributed by atoms with E-state index in [9.17, 15) is 0 Å². The molecule has 86 valence electrons. The van der Waals surface area contributed by atoms with Gasteiger partial charge < -0.3 is 0 Å². The number of hydrogen-bond donors (Lipinski definition) is 2. The molecule has 14 heavy (non-hydrogen) atoms. The van der Waals surface area contributed by atoms with E-state index in [1.54, 1.807) is 0 Å². The highest BCUT2D eigenvalue weighted by Crippen LogP contribution is 2.11. The van der Waals surface area contributed by atoms with Crippen molar-refractivity contribution in [2.75, 3.05) is 46.0 Å². The second-order valence-corrected chi connectivity index (χ2v) is 7.21. The molecule has 0 radical (unpaired) electrons. The highest BCUT2D eigenvalue weighted by Gasteiger charge is 1.92. The predicted molar refractivity (Wildman–Crippen MR) is 84.3 cm³/mol. The van der Waals surface area contributed by atoms with Gasteiger partial charge in [-0.05, 0) is 23.7 Å². The summed E-state index contributed by atoms with van der Waals surface area (Å²) in [6, 6.07) is 0. The molecule has 0 aromatic heterocycles. The van der Waals surface area contributed by atoms with Crippen molar-refractivity contribution in [3.05, 3.63) is 0 Å². The molecule has 0 spiro atoms. The molecule has 0 amide bonds. The van der Waals surface area contributed by atoms with Crippen molar-refractivity contribution in [2.24, 2.45) is 0 Å². The minimum absolute atomic E-state index is 1.01. The Balaban J connectivity index is 2.78. The smallest absolute Gasteiger partial charge is 0.00238 e. The van der Waals surface area contributed by atoms with Gasteiger partial charge in [-0.3, -0.25) is 0 Å². The third-order valence-electron chi connectivity index (χ3n) is 1.43. The Morgan fingerprint density at radius 2 is 1.07 bits per heavy atom. The van der Waals surface area contributed by atoms with Crippen LogP contribution in [0.25, 0.3) is 0 Å². The van der Waals surface area contributed by atoms with Gasteiger partial charge in [-0.15, -0.1) is 0 Å². The summed E-state index contributed by atoms with van der Waals surface area (Å²) < 4.78 is 0. The molecule has 0 aliphatic rings. The zero-order chi connectivity index (χ0) is 10.5. The van der Waals surface area contributed by atoms with Gasteiger partial charge in [0.1, 0.15) is 0 Å². The van der Waals surface area contributed by atoms with Crippen LogP contribution < -0.4 is 0 Å². The van der Waals surface area contributed by atoms with Crippen LogP contribution >= 0.6 is 60.5 Å². The Hall–Kier alpha value is 1.75. The highest BCUT2D eigenvalue weighted by atomic mass is 32.2. The van der Waals surface area contributed by atoms with Gasteiger partial charge in [-0.2, -0.15) is 60.5 Å². The zero-order valence-corrected chi connectivity index (χ0v) is 12.7. The molecule has 0 heterocycles. The topological polar surface area (TPSA) is 0 Å². The van der Waals surface area contributed by atoms with Crippen molar-refractivity contribution in [3.63, 3.8) is 0 Å². The molecule has 0 aromatic rings. The van der Waals surface area contributed by atoms with Gasteiger partial charge >= 0.3 is 0 Å². The van der Waals surface area contributed by atoms with Gasteiger partial charge in [0.05, 0.1) is 0 Å². The van der Waals surface area contributed by atoms with Crippen LogP contribution in [0.3, 0.4) is 0 Å². The molecule has 0 unspecified atom stereocenters. The Morgan fingerprint density at radius 3 is 1.57 bits per heavy atom. The third-order valence-corrected chi connectivity index (χ3v) is 5.83. The minimum atomic E-state index is 1.01. The predicted octanol–water partition coefficient (Wildman–Crippen LogP) is 3.44. The molecule has 0 N–H and O–H groups in total. The number of thioether (sulfide) groups is 3. The second-order valence-electron chi connectivity index (χ2n) is 2.64. The van der Waals surface area contributed by atoms with Crippen LogP contribution in [0.15, 0.2) is 0 Å². The second kappa shape index (κ2) is 14.8. The van der Waals surface area contributed by atoms with Crippen LogP contribution in [0, 0.1) is 0 Å². The third kappa shape index (κ3) is 13.8. The first kappa shape index (κ1) is 15.8. The normalized spacial score (nSPS) is 10.7. The van der Waals surface area contributed by atoms with E-state index in [-0.39, 0.29) is 0 Å². The van der Waals surface area contributed by atoms with Crippen molar-refractivity contribution in [2.45, 2.75) is 6.42 Å². The monoisotopic (exact) mass is 288 g/mol. The molecule has 5 heteroatoms. The first-order valence-electron chi connectivity index (χ1n) is 4.86. The Labute approximate surface area is 112 Å². The Morgan fingerprint density at radius 1 is 0.571 bits per heavy atom. The fourth-order valence-electron chi connectivity index (χ4n) is 0.773. The highest BCUT2D eigenvalue weighted by molar-refractivity contribution is 8.04. The van der Waals surface area contributed by atoms with Gasteiger partial charge in [0.15, 0.2) is 0 Å². The summed E-state index contributed by atoms with van der Waals surface area (Å²) in [7, 11) is 0. The molecule has 0 aromatic carbocycles. The summed E-state index contributed by atoms with van der Waals surface area (Å²) in [6.45, 7) is 0. The van der Waals surface area contributed by atoms with Crippen molar-refractivity contribution in [1.29, 1.82) is 0 Å². The molecule has 0 saturated heterocycles. The van der Waals surface area contributed by atoms with Crippen LogP contribution in [0.2, 0.25) is 0 Å². The lowest BCUT2D eigenvalue weighted by atomic mass is 10.6. The van der Waals surface area contributed by atoms with Crippen molar-refractivity contribution < 1.29 is 0 Å². The fraction of sp³-hybridized carbons (Fsp3) is 1.00. The van der Waals surface area contributed by atoms with Crippen molar-refractivity contribution in [3.8, 4) is 0 Å². The molecule has 0 rings (SSSR count). The molecule has 0 saturated carbocycles. The standard InChI is InChI=1S/C9H20S5/c10-2-1-4-12-6-8-14-9-7-13-5-3-11/h10-11H,1-9H2. The maximum Gasteiger partial charge on any atom is 0.00238 e. The van der Waals surface area contributed by atoms with Gasteiger partial charge in [-0.1, -0.05) is 0 Å². The molecular weight excluding hydrogens is 268 g/mol. The number of rotatable bonds is 11. The maximum absolute atomic E-state index is 4.18. The van der Waals surface area contributed by atoms with Crippen LogP contribution in [0.4, 0.5) is 0 Å². The van der Waals surface area contributed by atoms with E-state index in [1.807, 2.05) is 11.8 Å². The van der Waals surface area contributed by atoms with Crippen LogP contribution in [-0.2, 0) is 0 Å². The SMILES string of the molecule is SCCCSCCSCCSCCS. The van der Waals surface area contributed by atoms with E-state index in [1.165, 1.54) is 40.9 Å². The average Bonchev–Trinajstić information content (AvgIpc) is 2.21. The van der Waals surface area contributed by atoms with E-state index in [0.717, 1.165) is 11.5 Å². The van der Waals surface area contributed by atoms with Crippen LogP contribution in [-0.4, -0.2) is 46.0 Å². The summed E-state index contributed by atoms with van der Waals surface area (Å²) in [5, 5.41) is 0. The van der Waals surface area contributed by atoms with E-state index in [2.05, 4.69) is 48.8 Å². The maximum atomic E-state index is 4.18. The van der Waals surface area contributed by atoms with Crippen LogP contribution in [0.1, 0.15) is 6.42 Å². The fourth-order valence-corrected chi connectivity index (χ4v) is 4.51. The van der Waals surface area contributed by atoms with E-state index >= 15 is 0 Å². The molecule has 0 aliphatic carbocycles. The van der Waals surface area contributed by atoms with E-state index in [0.29, 0.717) is 0 Å². The molecular formula is C9H20S5. The van der Waals surface area contributed by atoms with Gasteiger partial charge in [0.25, 0.3) is 0 Å². The Bertz CT molecular complexity index is 87.2. The Kier molecular flexibility index (Phi) is 16.6. The van der Waals surface area contributed by atoms with Gasteiger partial charge in [0, 0.05) is 28.8 Å². The van der Waals surface area contributed by atoms with Crippen molar-refractivity contribution in [1.82, 2.24) is 0 Å². The van der Waals surface area contributed by atoms with E-state index in [4.69, 9.17) is 0 Å².